The first-order valence-corrected chi connectivity index (χ1v) is 7.38. The van der Waals surface area contributed by atoms with Gasteiger partial charge in [-0.15, -0.1) is 0 Å². The molecule has 4 nitrogen and oxygen atoms in total. The van der Waals surface area contributed by atoms with Crippen molar-refractivity contribution in [1.29, 1.82) is 0 Å². The molecule has 1 N–H and O–H groups in total. The minimum Gasteiger partial charge on any atom is -0.491 e. The molecule has 0 saturated carbocycles. The molecule has 0 fully saturated rings. The van der Waals surface area contributed by atoms with Gasteiger partial charge in [0.15, 0.2) is 0 Å². The van der Waals surface area contributed by atoms with Crippen LogP contribution >= 0.6 is 0 Å². The summed E-state index contributed by atoms with van der Waals surface area (Å²) in [7, 11) is 1.40. The maximum absolute atomic E-state index is 11.5. The lowest BCUT2D eigenvalue weighted by atomic mass is 10.2. The number of ether oxygens (including phenoxy) is 2. The van der Waals surface area contributed by atoms with Crippen molar-refractivity contribution >= 4 is 11.7 Å². The van der Waals surface area contributed by atoms with Crippen molar-refractivity contribution in [3.05, 3.63) is 35.9 Å². The third-order valence-electron chi connectivity index (χ3n) is 3.23. The summed E-state index contributed by atoms with van der Waals surface area (Å²) in [6, 6.07) is 7.83. The van der Waals surface area contributed by atoms with E-state index in [9.17, 15) is 4.79 Å². The van der Waals surface area contributed by atoms with Gasteiger partial charge >= 0.3 is 5.97 Å². The lowest BCUT2D eigenvalue weighted by Crippen LogP contribution is -2.10. The molecule has 1 aromatic carbocycles. The Morgan fingerprint density at radius 2 is 2.14 bits per heavy atom. The molecule has 1 aromatic rings. The Morgan fingerprint density at radius 1 is 1.38 bits per heavy atom. The smallest absolute Gasteiger partial charge is 0.333 e. The van der Waals surface area contributed by atoms with Gasteiger partial charge in [0.2, 0.25) is 0 Å². The SMILES string of the molecule is CC/C(=C/CNc1cccc(OC(C)CC)c1)C(=O)OC. The Kier molecular flexibility index (Phi) is 7.37. The summed E-state index contributed by atoms with van der Waals surface area (Å²) >= 11 is 0. The number of carbonyl (C=O) groups is 1. The van der Waals surface area contributed by atoms with Crippen LogP contribution in [0.3, 0.4) is 0 Å². The molecule has 4 heteroatoms. The zero-order valence-electron chi connectivity index (χ0n) is 13.3. The molecule has 0 saturated heterocycles. The van der Waals surface area contributed by atoms with E-state index < -0.39 is 0 Å². The van der Waals surface area contributed by atoms with Crippen LogP contribution in [0.5, 0.6) is 5.75 Å². The normalized spacial score (nSPS) is 12.7. The van der Waals surface area contributed by atoms with Crippen molar-refractivity contribution in [3.63, 3.8) is 0 Å². The summed E-state index contributed by atoms with van der Waals surface area (Å²) < 4.78 is 10.5. The molecule has 0 bridgehead atoms. The van der Waals surface area contributed by atoms with E-state index in [0.29, 0.717) is 18.5 Å². The highest BCUT2D eigenvalue weighted by molar-refractivity contribution is 5.88. The summed E-state index contributed by atoms with van der Waals surface area (Å²) in [6.45, 7) is 6.65. The quantitative estimate of drug-likeness (QED) is 0.585. The van der Waals surface area contributed by atoms with Gasteiger partial charge in [-0.1, -0.05) is 26.0 Å². The van der Waals surface area contributed by atoms with E-state index in [1.807, 2.05) is 44.2 Å². The Bertz CT molecular complexity index is 483. The van der Waals surface area contributed by atoms with Gasteiger partial charge in [-0.2, -0.15) is 0 Å². The zero-order valence-corrected chi connectivity index (χ0v) is 13.3. The second-order valence-electron chi connectivity index (χ2n) is 4.82. The van der Waals surface area contributed by atoms with Crippen LogP contribution in [0.15, 0.2) is 35.9 Å². The summed E-state index contributed by atoms with van der Waals surface area (Å²) in [5.41, 5.74) is 1.64. The van der Waals surface area contributed by atoms with E-state index in [1.54, 1.807) is 0 Å². The van der Waals surface area contributed by atoms with Gasteiger partial charge in [-0.3, -0.25) is 0 Å². The number of benzene rings is 1. The number of hydrogen-bond acceptors (Lipinski definition) is 4. The highest BCUT2D eigenvalue weighted by atomic mass is 16.5. The van der Waals surface area contributed by atoms with Crippen molar-refractivity contribution in [1.82, 2.24) is 0 Å². The highest BCUT2D eigenvalue weighted by Crippen LogP contribution is 2.19. The fourth-order valence-corrected chi connectivity index (χ4v) is 1.79. The van der Waals surface area contributed by atoms with E-state index >= 15 is 0 Å². The van der Waals surface area contributed by atoms with E-state index in [1.165, 1.54) is 7.11 Å². The van der Waals surface area contributed by atoms with E-state index in [0.717, 1.165) is 17.9 Å². The van der Waals surface area contributed by atoms with Crippen molar-refractivity contribution in [2.24, 2.45) is 0 Å². The van der Waals surface area contributed by atoms with Gasteiger partial charge < -0.3 is 14.8 Å². The molecule has 0 heterocycles. The molecular formula is C17H25NO3. The van der Waals surface area contributed by atoms with E-state index in [2.05, 4.69) is 12.2 Å². The number of methoxy groups -OCH3 is 1. The van der Waals surface area contributed by atoms with E-state index in [-0.39, 0.29) is 12.1 Å². The molecule has 0 radical (unpaired) electrons. The lowest BCUT2D eigenvalue weighted by Gasteiger charge is -2.13. The van der Waals surface area contributed by atoms with Crippen molar-refractivity contribution in [2.75, 3.05) is 19.0 Å². The molecule has 0 aromatic heterocycles. The molecule has 1 unspecified atom stereocenters. The first-order chi connectivity index (χ1) is 10.1. The van der Waals surface area contributed by atoms with Crippen molar-refractivity contribution < 1.29 is 14.3 Å². The predicted molar refractivity (Wildman–Crippen MR) is 85.7 cm³/mol. The number of hydrogen-bond donors (Lipinski definition) is 1. The van der Waals surface area contributed by atoms with Crippen LogP contribution in [0.2, 0.25) is 0 Å². The Morgan fingerprint density at radius 3 is 2.76 bits per heavy atom. The Balaban J connectivity index is 2.61. The maximum atomic E-state index is 11.5. The van der Waals surface area contributed by atoms with Gasteiger partial charge in [0.05, 0.1) is 13.2 Å². The summed E-state index contributed by atoms with van der Waals surface area (Å²) in [4.78, 5) is 11.5. The molecule has 0 amide bonds. The van der Waals surface area contributed by atoms with Crippen LogP contribution < -0.4 is 10.1 Å². The third kappa shape index (κ3) is 5.90. The average molecular weight is 291 g/mol. The molecule has 21 heavy (non-hydrogen) atoms. The highest BCUT2D eigenvalue weighted by Gasteiger charge is 2.06. The predicted octanol–water partition coefficient (Wildman–Crippen LogP) is 3.79. The first kappa shape index (κ1) is 17.1. The van der Waals surface area contributed by atoms with Gasteiger partial charge in [0.1, 0.15) is 5.75 Å². The van der Waals surface area contributed by atoms with Crippen molar-refractivity contribution in [3.8, 4) is 5.75 Å². The molecule has 0 aliphatic heterocycles. The molecule has 0 aliphatic carbocycles. The largest absolute Gasteiger partial charge is 0.491 e. The Hall–Kier alpha value is -1.97. The number of anilines is 1. The summed E-state index contributed by atoms with van der Waals surface area (Å²) in [6.07, 6.45) is 3.69. The van der Waals surface area contributed by atoms with Crippen LogP contribution in [-0.4, -0.2) is 25.7 Å². The third-order valence-corrected chi connectivity index (χ3v) is 3.23. The number of esters is 1. The molecule has 116 valence electrons. The summed E-state index contributed by atoms with van der Waals surface area (Å²) in [5.74, 6) is 0.579. The summed E-state index contributed by atoms with van der Waals surface area (Å²) in [5, 5.41) is 3.26. The first-order valence-electron chi connectivity index (χ1n) is 7.38. The van der Waals surface area contributed by atoms with Crippen molar-refractivity contribution in [2.45, 2.75) is 39.7 Å². The second kappa shape index (κ2) is 9.06. The fourth-order valence-electron chi connectivity index (χ4n) is 1.79. The van der Waals surface area contributed by atoms with Crippen LogP contribution in [0.25, 0.3) is 0 Å². The number of nitrogens with one attached hydrogen (secondary N) is 1. The van der Waals surface area contributed by atoms with Gasteiger partial charge in [0.25, 0.3) is 0 Å². The minimum atomic E-state index is -0.270. The van der Waals surface area contributed by atoms with Gasteiger partial charge in [-0.25, -0.2) is 4.79 Å². The number of carbonyl (C=O) groups excluding carboxylic acids is 1. The minimum absolute atomic E-state index is 0.200. The van der Waals surface area contributed by atoms with Gasteiger partial charge in [0, 0.05) is 23.9 Å². The topological polar surface area (TPSA) is 47.6 Å². The lowest BCUT2D eigenvalue weighted by molar-refractivity contribution is -0.136. The average Bonchev–Trinajstić information content (AvgIpc) is 2.51. The molecule has 1 atom stereocenters. The standard InChI is InChI=1S/C17H25NO3/c1-5-13(3)21-16-9-7-8-15(12-16)18-11-10-14(6-2)17(19)20-4/h7-10,12-13,18H,5-6,11H2,1-4H3/b14-10-. The van der Waals surface area contributed by atoms with Gasteiger partial charge in [-0.05, 0) is 31.9 Å². The maximum Gasteiger partial charge on any atom is 0.333 e. The Labute approximate surface area is 127 Å². The van der Waals surface area contributed by atoms with Crippen LogP contribution in [0.1, 0.15) is 33.6 Å². The van der Waals surface area contributed by atoms with Crippen LogP contribution in [0, 0.1) is 0 Å². The monoisotopic (exact) mass is 291 g/mol. The molecule has 1 rings (SSSR count). The second-order valence-corrected chi connectivity index (χ2v) is 4.82. The fraction of sp³-hybridized carbons (Fsp3) is 0.471. The molecule has 0 aliphatic rings. The molecule has 0 spiro atoms. The zero-order chi connectivity index (χ0) is 15.7. The molecular weight excluding hydrogens is 266 g/mol. The van der Waals surface area contributed by atoms with E-state index in [4.69, 9.17) is 9.47 Å². The van der Waals surface area contributed by atoms with Crippen LogP contribution in [0.4, 0.5) is 5.69 Å². The number of rotatable bonds is 8. The van der Waals surface area contributed by atoms with Crippen LogP contribution in [-0.2, 0) is 9.53 Å².